The van der Waals surface area contributed by atoms with Crippen molar-refractivity contribution in [2.45, 2.75) is 51.2 Å². The smallest absolute Gasteiger partial charge is 0.410 e. The highest BCUT2D eigenvalue weighted by Gasteiger charge is 2.47. The minimum atomic E-state index is -0.549. The normalized spacial score (nSPS) is 25.6. The fourth-order valence-electron chi connectivity index (χ4n) is 3.14. The van der Waals surface area contributed by atoms with Crippen LogP contribution < -0.4 is 0 Å². The highest BCUT2D eigenvalue weighted by Crippen LogP contribution is 2.49. The van der Waals surface area contributed by atoms with Crippen LogP contribution in [0.3, 0.4) is 0 Å². The molecule has 2 aliphatic rings. The zero-order valence-corrected chi connectivity index (χ0v) is 14.8. The number of nitrogens with zero attached hydrogens (tertiary/aromatic N) is 1. The molecule has 3 atom stereocenters. The molecule has 0 aromatic heterocycles. The Bertz CT molecular complexity index is 670. The fraction of sp³-hybridized carbons (Fsp3) is 0.579. The molecule has 1 aromatic rings. The van der Waals surface area contributed by atoms with E-state index in [2.05, 4.69) is 0 Å². The fourth-order valence-corrected chi connectivity index (χ4v) is 3.14. The lowest BCUT2D eigenvalue weighted by Crippen LogP contribution is -2.36. The molecule has 136 valence electrons. The summed E-state index contributed by atoms with van der Waals surface area (Å²) >= 11 is 0. The summed E-state index contributed by atoms with van der Waals surface area (Å²) < 4.78 is 24.6. The van der Waals surface area contributed by atoms with Crippen LogP contribution in [-0.4, -0.2) is 41.8 Å². The number of likely N-dealkylation sites (tertiary alicyclic amines) is 1. The molecular weight excluding hydrogens is 325 g/mol. The van der Waals surface area contributed by atoms with Crippen LogP contribution in [0.4, 0.5) is 9.18 Å². The number of halogens is 1. The van der Waals surface area contributed by atoms with Gasteiger partial charge in [0.05, 0.1) is 12.5 Å². The van der Waals surface area contributed by atoms with Crippen LogP contribution in [0.2, 0.25) is 0 Å². The van der Waals surface area contributed by atoms with Gasteiger partial charge in [0.15, 0.2) is 0 Å². The van der Waals surface area contributed by atoms with Crippen molar-refractivity contribution in [3.63, 3.8) is 0 Å². The summed E-state index contributed by atoms with van der Waals surface area (Å²) in [4.78, 5) is 25.9. The molecular formula is C19H24FNO4. The molecule has 0 bridgehead atoms. The minimum absolute atomic E-state index is 0.0999. The Morgan fingerprint density at radius 3 is 2.64 bits per heavy atom. The number of carbonyl (C=O) groups excluding carboxylic acids is 2. The Kier molecular flexibility index (Phi) is 4.71. The second kappa shape index (κ2) is 6.65. The van der Waals surface area contributed by atoms with E-state index in [1.165, 1.54) is 6.07 Å². The Morgan fingerprint density at radius 2 is 1.96 bits per heavy atom. The summed E-state index contributed by atoms with van der Waals surface area (Å²) in [5, 5.41) is 0. The zero-order chi connectivity index (χ0) is 18.2. The Labute approximate surface area is 147 Å². The van der Waals surface area contributed by atoms with Crippen LogP contribution in [0.1, 0.15) is 45.1 Å². The molecule has 1 saturated heterocycles. The summed E-state index contributed by atoms with van der Waals surface area (Å²) in [6.45, 7) is 6.29. The van der Waals surface area contributed by atoms with Gasteiger partial charge in [0.25, 0.3) is 0 Å². The second-order valence-electron chi connectivity index (χ2n) is 7.74. The van der Waals surface area contributed by atoms with Crippen molar-refractivity contribution in [3.05, 3.63) is 35.6 Å². The lowest BCUT2D eigenvalue weighted by atomic mass is 10.1. The van der Waals surface area contributed by atoms with E-state index in [9.17, 15) is 14.0 Å². The largest absolute Gasteiger partial charge is 0.460 e. The van der Waals surface area contributed by atoms with Crippen LogP contribution in [0.25, 0.3) is 0 Å². The number of ether oxygens (including phenoxy) is 2. The van der Waals surface area contributed by atoms with E-state index in [0.717, 1.165) is 0 Å². The SMILES string of the molecule is CC(C)(C)OC(=O)N1CC[C@H](OC(=O)C2CC2c2ccccc2F)C1. The molecule has 0 N–H and O–H groups in total. The summed E-state index contributed by atoms with van der Waals surface area (Å²) in [6.07, 6.45) is 0.508. The van der Waals surface area contributed by atoms with E-state index in [0.29, 0.717) is 31.5 Å². The molecule has 0 radical (unpaired) electrons. The monoisotopic (exact) mass is 349 g/mol. The van der Waals surface area contributed by atoms with E-state index >= 15 is 0 Å². The van der Waals surface area contributed by atoms with E-state index in [4.69, 9.17) is 9.47 Å². The van der Waals surface area contributed by atoms with Crippen molar-refractivity contribution in [1.82, 2.24) is 4.90 Å². The number of carbonyl (C=O) groups is 2. The Morgan fingerprint density at radius 1 is 1.24 bits per heavy atom. The van der Waals surface area contributed by atoms with Crippen molar-refractivity contribution in [3.8, 4) is 0 Å². The molecule has 25 heavy (non-hydrogen) atoms. The first-order valence-electron chi connectivity index (χ1n) is 8.67. The summed E-state index contributed by atoms with van der Waals surface area (Å²) in [6, 6.07) is 6.53. The van der Waals surface area contributed by atoms with Crippen molar-refractivity contribution in [1.29, 1.82) is 0 Å². The molecule has 1 heterocycles. The van der Waals surface area contributed by atoms with Crippen LogP contribution in [-0.2, 0) is 14.3 Å². The molecule has 3 rings (SSSR count). The molecule has 5 nitrogen and oxygen atoms in total. The number of amides is 1. The lowest BCUT2D eigenvalue weighted by molar-refractivity contribution is -0.150. The van der Waals surface area contributed by atoms with Crippen LogP contribution in [0.15, 0.2) is 24.3 Å². The maximum absolute atomic E-state index is 13.8. The van der Waals surface area contributed by atoms with Gasteiger partial charge in [-0.1, -0.05) is 18.2 Å². The van der Waals surface area contributed by atoms with Crippen LogP contribution in [0, 0.1) is 11.7 Å². The maximum atomic E-state index is 13.8. The van der Waals surface area contributed by atoms with E-state index < -0.39 is 5.60 Å². The van der Waals surface area contributed by atoms with E-state index in [1.807, 2.05) is 20.8 Å². The number of esters is 1. The molecule has 1 aliphatic heterocycles. The zero-order valence-electron chi connectivity index (χ0n) is 14.8. The average Bonchev–Trinajstić information content (AvgIpc) is 3.17. The standard InChI is InChI=1S/C19H24FNO4/c1-19(2,3)25-18(23)21-9-8-12(11-21)24-17(22)15-10-14(15)13-6-4-5-7-16(13)20/h4-7,12,14-15H,8-11H2,1-3H3/t12-,14?,15?/m0/s1. The molecule has 1 aromatic carbocycles. The first-order valence-corrected chi connectivity index (χ1v) is 8.67. The highest BCUT2D eigenvalue weighted by atomic mass is 19.1. The van der Waals surface area contributed by atoms with Crippen molar-refractivity contribution in [2.75, 3.05) is 13.1 Å². The third-order valence-corrected chi connectivity index (χ3v) is 4.48. The van der Waals surface area contributed by atoms with Crippen LogP contribution >= 0.6 is 0 Å². The maximum Gasteiger partial charge on any atom is 0.410 e. The van der Waals surface area contributed by atoms with Crippen LogP contribution in [0.5, 0.6) is 0 Å². The topological polar surface area (TPSA) is 55.8 Å². The summed E-state index contributed by atoms with van der Waals surface area (Å²) in [5.41, 5.74) is 0.0265. The second-order valence-corrected chi connectivity index (χ2v) is 7.74. The Balaban J connectivity index is 1.49. The molecule has 2 unspecified atom stereocenters. The Hall–Kier alpha value is -2.11. The van der Waals surface area contributed by atoms with Gasteiger partial charge in [0, 0.05) is 18.9 Å². The first kappa shape index (κ1) is 17.7. The first-order chi connectivity index (χ1) is 11.7. The van der Waals surface area contributed by atoms with Gasteiger partial charge in [-0.25, -0.2) is 9.18 Å². The minimum Gasteiger partial charge on any atom is -0.460 e. The van der Waals surface area contributed by atoms with Gasteiger partial charge in [-0.2, -0.15) is 0 Å². The molecule has 1 saturated carbocycles. The van der Waals surface area contributed by atoms with Gasteiger partial charge >= 0.3 is 12.1 Å². The van der Waals surface area contributed by atoms with Gasteiger partial charge in [0.2, 0.25) is 0 Å². The van der Waals surface area contributed by atoms with Gasteiger partial charge in [-0.05, 0) is 38.8 Å². The molecule has 6 heteroatoms. The summed E-state index contributed by atoms with van der Waals surface area (Å²) in [5.74, 6) is -0.964. The van der Waals surface area contributed by atoms with Gasteiger partial charge in [0.1, 0.15) is 17.5 Å². The van der Waals surface area contributed by atoms with Gasteiger partial charge < -0.3 is 14.4 Å². The highest BCUT2D eigenvalue weighted by molar-refractivity contribution is 5.77. The molecule has 1 amide bonds. The van der Waals surface area contributed by atoms with Gasteiger partial charge in [-0.15, -0.1) is 0 Å². The number of hydrogen-bond acceptors (Lipinski definition) is 4. The quantitative estimate of drug-likeness (QED) is 0.784. The van der Waals surface area contributed by atoms with Crippen molar-refractivity contribution in [2.24, 2.45) is 5.92 Å². The number of hydrogen-bond donors (Lipinski definition) is 0. The third kappa shape index (κ3) is 4.30. The third-order valence-electron chi connectivity index (χ3n) is 4.48. The van der Waals surface area contributed by atoms with Crippen molar-refractivity contribution < 1.29 is 23.5 Å². The van der Waals surface area contributed by atoms with Gasteiger partial charge in [-0.3, -0.25) is 4.79 Å². The molecule has 2 fully saturated rings. The van der Waals surface area contributed by atoms with E-state index in [-0.39, 0.29) is 35.8 Å². The predicted octanol–water partition coefficient (Wildman–Crippen LogP) is 3.48. The molecule has 1 aliphatic carbocycles. The predicted molar refractivity (Wildman–Crippen MR) is 89.6 cm³/mol. The van der Waals surface area contributed by atoms with E-state index in [1.54, 1.807) is 23.1 Å². The van der Waals surface area contributed by atoms with Crippen molar-refractivity contribution >= 4 is 12.1 Å². The molecule has 0 spiro atoms. The average molecular weight is 349 g/mol. The number of rotatable bonds is 3. The lowest BCUT2D eigenvalue weighted by Gasteiger charge is -2.24. The summed E-state index contributed by atoms with van der Waals surface area (Å²) in [7, 11) is 0. The number of benzene rings is 1.